The van der Waals surface area contributed by atoms with E-state index in [1.807, 2.05) is 6.20 Å². The second kappa shape index (κ2) is 4.49. The van der Waals surface area contributed by atoms with Crippen LogP contribution in [0.3, 0.4) is 0 Å². The summed E-state index contributed by atoms with van der Waals surface area (Å²) in [6.45, 7) is 0.656. The molecule has 0 spiro atoms. The molecule has 0 aliphatic rings. The summed E-state index contributed by atoms with van der Waals surface area (Å²) in [5.74, 6) is 0. The first kappa shape index (κ1) is 9.68. The van der Waals surface area contributed by atoms with Gasteiger partial charge in [0.05, 0.1) is 0 Å². The minimum Gasteiger partial charge on any atom is -0.337 e. The number of nitrogens with one attached hydrogen (secondary N) is 2. The molecular weight excluding hydrogens is 170 g/mol. The molecule has 0 fully saturated rings. The van der Waals surface area contributed by atoms with Gasteiger partial charge in [-0.05, 0) is 18.8 Å². The van der Waals surface area contributed by atoms with Crippen molar-refractivity contribution in [2.24, 2.45) is 5.73 Å². The summed E-state index contributed by atoms with van der Waals surface area (Å²) in [6.07, 6.45) is 2.70. The molecule has 0 amide bonds. The fraction of sp³-hybridized carbons (Fsp3) is 0.400. The smallest absolute Gasteiger partial charge is 0.174 e. The number of aromatic amines is 2. The summed E-state index contributed by atoms with van der Waals surface area (Å²) >= 11 is 4.80. The van der Waals surface area contributed by atoms with Crippen molar-refractivity contribution in [1.29, 1.82) is 0 Å². The predicted molar refractivity (Wildman–Crippen MR) is 46.0 cm³/mol. The van der Waals surface area contributed by atoms with Gasteiger partial charge in [-0.1, -0.05) is 0 Å². The molecule has 0 atom stereocenters. The van der Waals surface area contributed by atoms with Crippen LogP contribution in [0.4, 0.5) is 0 Å². The first-order chi connectivity index (χ1) is 4.33. The van der Waals surface area contributed by atoms with Crippen molar-refractivity contribution >= 4 is 24.6 Å². The number of hydrogen-bond donors (Lipinski definition) is 3. The standard InChI is InChI=1S/C5H9N3S.ClH/c6-2-1-4-3-7-5(9)8-4;/h3H,1-2,6H2,(H2,7,8,9);1H. The Morgan fingerprint density at radius 3 is 2.70 bits per heavy atom. The molecule has 0 unspecified atom stereocenters. The van der Waals surface area contributed by atoms with E-state index in [0.29, 0.717) is 11.3 Å². The molecule has 10 heavy (non-hydrogen) atoms. The van der Waals surface area contributed by atoms with E-state index >= 15 is 0 Å². The monoisotopic (exact) mass is 179 g/mol. The summed E-state index contributed by atoms with van der Waals surface area (Å²) in [4.78, 5) is 5.81. The SMILES string of the molecule is Cl.NCCc1c[nH]c(=S)[nH]1. The van der Waals surface area contributed by atoms with E-state index in [1.54, 1.807) is 0 Å². The second-order valence-corrected chi connectivity index (χ2v) is 2.21. The van der Waals surface area contributed by atoms with Crippen LogP contribution in [-0.4, -0.2) is 16.5 Å². The molecule has 0 aliphatic heterocycles. The molecule has 0 saturated heterocycles. The Morgan fingerprint density at radius 1 is 1.60 bits per heavy atom. The molecule has 5 heteroatoms. The number of halogens is 1. The van der Waals surface area contributed by atoms with Crippen LogP contribution in [-0.2, 0) is 6.42 Å². The van der Waals surface area contributed by atoms with Crippen molar-refractivity contribution in [3.63, 3.8) is 0 Å². The maximum absolute atomic E-state index is 5.30. The van der Waals surface area contributed by atoms with Crippen LogP contribution in [0.25, 0.3) is 0 Å². The highest BCUT2D eigenvalue weighted by atomic mass is 35.5. The van der Waals surface area contributed by atoms with Gasteiger partial charge in [0, 0.05) is 18.3 Å². The fourth-order valence-electron chi connectivity index (χ4n) is 0.661. The predicted octanol–water partition coefficient (Wildman–Crippen LogP) is 0.995. The number of H-pyrrole nitrogens is 2. The average molecular weight is 180 g/mol. The lowest BCUT2D eigenvalue weighted by Gasteiger charge is -1.87. The number of rotatable bonds is 2. The molecule has 3 nitrogen and oxygen atoms in total. The van der Waals surface area contributed by atoms with Gasteiger partial charge in [0.15, 0.2) is 4.77 Å². The Bertz CT molecular complexity index is 229. The molecule has 0 saturated carbocycles. The Balaban J connectivity index is 0.000000810. The van der Waals surface area contributed by atoms with Crippen LogP contribution in [0.15, 0.2) is 6.20 Å². The van der Waals surface area contributed by atoms with Crippen LogP contribution < -0.4 is 5.73 Å². The highest BCUT2D eigenvalue weighted by Crippen LogP contribution is 1.91. The summed E-state index contributed by atoms with van der Waals surface area (Å²) in [6, 6.07) is 0. The van der Waals surface area contributed by atoms with Gasteiger partial charge >= 0.3 is 0 Å². The molecular formula is C5H10ClN3S. The van der Waals surface area contributed by atoms with Gasteiger partial charge in [0.2, 0.25) is 0 Å². The normalized spacial score (nSPS) is 8.90. The maximum atomic E-state index is 5.30. The van der Waals surface area contributed by atoms with E-state index in [9.17, 15) is 0 Å². The molecule has 1 aromatic rings. The van der Waals surface area contributed by atoms with E-state index < -0.39 is 0 Å². The van der Waals surface area contributed by atoms with Gasteiger partial charge in [0.25, 0.3) is 0 Å². The largest absolute Gasteiger partial charge is 0.337 e. The van der Waals surface area contributed by atoms with Crippen molar-refractivity contribution in [3.8, 4) is 0 Å². The molecule has 0 bridgehead atoms. The van der Waals surface area contributed by atoms with Gasteiger partial charge in [0.1, 0.15) is 0 Å². The third kappa shape index (κ3) is 2.51. The lowest BCUT2D eigenvalue weighted by molar-refractivity contribution is 0.933. The van der Waals surface area contributed by atoms with Crippen LogP contribution in [0.2, 0.25) is 0 Å². The van der Waals surface area contributed by atoms with Crippen molar-refractivity contribution in [1.82, 2.24) is 9.97 Å². The summed E-state index contributed by atoms with van der Waals surface area (Å²) < 4.78 is 0.665. The van der Waals surface area contributed by atoms with Gasteiger partial charge in [-0.25, -0.2) is 0 Å². The van der Waals surface area contributed by atoms with Crippen LogP contribution in [0.5, 0.6) is 0 Å². The molecule has 0 aromatic carbocycles. The minimum atomic E-state index is 0. The highest BCUT2D eigenvalue weighted by Gasteiger charge is 1.88. The highest BCUT2D eigenvalue weighted by molar-refractivity contribution is 7.71. The molecule has 4 N–H and O–H groups in total. The average Bonchev–Trinajstić information content (AvgIpc) is 2.17. The Morgan fingerprint density at radius 2 is 2.30 bits per heavy atom. The van der Waals surface area contributed by atoms with Crippen LogP contribution >= 0.6 is 24.6 Å². The van der Waals surface area contributed by atoms with Crippen molar-refractivity contribution < 1.29 is 0 Å². The quantitative estimate of drug-likeness (QED) is 0.594. The summed E-state index contributed by atoms with van der Waals surface area (Å²) in [5, 5.41) is 0. The second-order valence-electron chi connectivity index (χ2n) is 1.81. The summed E-state index contributed by atoms with van der Waals surface area (Å²) in [7, 11) is 0. The fourth-order valence-corrected chi connectivity index (χ4v) is 0.851. The van der Waals surface area contributed by atoms with E-state index in [2.05, 4.69) is 9.97 Å². The molecule has 0 aliphatic carbocycles. The van der Waals surface area contributed by atoms with E-state index in [0.717, 1.165) is 12.1 Å². The van der Waals surface area contributed by atoms with Gasteiger partial charge in [-0.3, -0.25) is 0 Å². The molecule has 58 valence electrons. The lowest BCUT2D eigenvalue weighted by Crippen LogP contribution is -2.02. The molecule has 1 heterocycles. The Labute approximate surface area is 70.4 Å². The lowest BCUT2D eigenvalue weighted by atomic mass is 10.3. The minimum absolute atomic E-state index is 0. The van der Waals surface area contributed by atoms with E-state index in [4.69, 9.17) is 18.0 Å². The zero-order chi connectivity index (χ0) is 6.69. The first-order valence-electron chi connectivity index (χ1n) is 2.79. The number of nitrogens with two attached hydrogens (primary N) is 1. The third-order valence-corrected chi connectivity index (χ3v) is 1.29. The number of hydrogen-bond acceptors (Lipinski definition) is 2. The third-order valence-electron chi connectivity index (χ3n) is 1.07. The molecule has 1 aromatic heterocycles. The van der Waals surface area contributed by atoms with Crippen molar-refractivity contribution in [2.45, 2.75) is 6.42 Å². The van der Waals surface area contributed by atoms with Crippen LogP contribution in [0, 0.1) is 4.77 Å². The van der Waals surface area contributed by atoms with Gasteiger partial charge in [-0.15, -0.1) is 12.4 Å². The van der Waals surface area contributed by atoms with Gasteiger partial charge < -0.3 is 15.7 Å². The maximum Gasteiger partial charge on any atom is 0.174 e. The first-order valence-corrected chi connectivity index (χ1v) is 3.20. The van der Waals surface area contributed by atoms with Crippen molar-refractivity contribution in [3.05, 3.63) is 16.7 Å². The number of imidazole rings is 1. The molecule has 1 rings (SSSR count). The van der Waals surface area contributed by atoms with Crippen LogP contribution in [0.1, 0.15) is 5.69 Å². The Kier molecular flexibility index (Phi) is 4.34. The van der Waals surface area contributed by atoms with E-state index in [1.165, 1.54) is 0 Å². The van der Waals surface area contributed by atoms with Gasteiger partial charge in [-0.2, -0.15) is 0 Å². The Hall–Kier alpha value is -0.320. The van der Waals surface area contributed by atoms with E-state index in [-0.39, 0.29) is 12.4 Å². The summed E-state index contributed by atoms with van der Waals surface area (Å²) in [5.41, 5.74) is 6.37. The topological polar surface area (TPSA) is 57.6 Å². The van der Waals surface area contributed by atoms with Crippen molar-refractivity contribution in [2.75, 3.05) is 6.54 Å². The number of aromatic nitrogens is 2. The zero-order valence-electron chi connectivity index (χ0n) is 5.39. The molecule has 0 radical (unpaired) electrons. The zero-order valence-corrected chi connectivity index (χ0v) is 7.02.